The van der Waals surface area contributed by atoms with Crippen LogP contribution < -0.4 is 0 Å². The zero-order chi connectivity index (χ0) is 16.6. The van der Waals surface area contributed by atoms with E-state index in [0.717, 1.165) is 0 Å². The third-order valence-electron chi connectivity index (χ3n) is 2.20. The molecule has 0 bridgehead atoms. The highest BCUT2D eigenvalue weighted by atomic mass is 32.2. The number of halogens is 3. The van der Waals surface area contributed by atoms with Gasteiger partial charge in [0.05, 0.1) is 6.26 Å². The van der Waals surface area contributed by atoms with Gasteiger partial charge in [0.25, 0.3) is 0 Å². The fraction of sp³-hybridized carbons (Fsp3) is 0.727. The molecule has 0 saturated heterocycles. The molecule has 0 aromatic rings. The third kappa shape index (κ3) is 4.80. The molecule has 6 nitrogen and oxygen atoms in total. The lowest BCUT2D eigenvalue weighted by Gasteiger charge is -2.35. The number of alkyl halides is 3. The van der Waals surface area contributed by atoms with Crippen LogP contribution in [0, 0.1) is 0 Å². The predicted octanol–water partition coefficient (Wildman–Crippen LogP) is 2.03. The van der Waals surface area contributed by atoms with Crippen LogP contribution in [0.25, 0.3) is 0 Å². The lowest BCUT2D eigenvalue weighted by atomic mass is 10.1. The quantitative estimate of drug-likeness (QED) is 0.572. The summed E-state index contributed by atoms with van der Waals surface area (Å²) in [7, 11) is -4.15. The van der Waals surface area contributed by atoms with Crippen molar-refractivity contribution in [2.45, 2.75) is 45.1 Å². The first-order valence-electron chi connectivity index (χ1n) is 5.86. The highest BCUT2D eigenvalue weighted by Crippen LogP contribution is 2.30. The Hall–Kier alpha value is -1.45. The van der Waals surface area contributed by atoms with E-state index in [1.807, 2.05) is 0 Å². The van der Waals surface area contributed by atoms with Gasteiger partial charge in [0.2, 0.25) is 18.8 Å². The van der Waals surface area contributed by atoms with Gasteiger partial charge in [-0.15, -0.1) is 0 Å². The van der Waals surface area contributed by atoms with Gasteiger partial charge in [0, 0.05) is 6.08 Å². The molecule has 1 amide bonds. The Morgan fingerprint density at radius 2 is 1.81 bits per heavy atom. The Bertz CT molecular complexity index is 543. The molecule has 0 fully saturated rings. The topological polar surface area (TPSA) is 72.9 Å². The number of carbonyl (C=O) groups is 1. The molecule has 1 rings (SSSR count). The van der Waals surface area contributed by atoms with E-state index >= 15 is 0 Å². The average Bonchev–Trinajstić information content (AvgIpc) is 2.20. The van der Waals surface area contributed by atoms with Gasteiger partial charge < -0.3 is 8.92 Å². The minimum Gasteiger partial charge on any atom is -0.444 e. The van der Waals surface area contributed by atoms with Crippen molar-refractivity contribution in [1.82, 2.24) is 4.90 Å². The number of rotatable bonds is 2. The van der Waals surface area contributed by atoms with Crippen molar-refractivity contribution in [3.8, 4) is 0 Å². The van der Waals surface area contributed by atoms with Gasteiger partial charge in [-0.1, -0.05) is 0 Å². The fourth-order valence-corrected chi connectivity index (χ4v) is 1.98. The maximum Gasteiger partial charge on any atom is 0.415 e. The van der Waals surface area contributed by atoms with Crippen LogP contribution in [0.4, 0.5) is 18.0 Å². The van der Waals surface area contributed by atoms with E-state index in [9.17, 15) is 26.4 Å². The van der Waals surface area contributed by atoms with Crippen LogP contribution in [0.15, 0.2) is 11.8 Å². The maximum absolute atomic E-state index is 13.8. The largest absolute Gasteiger partial charge is 0.444 e. The minimum absolute atomic E-state index is 0.106. The maximum atomic E-state index is 13.8. The van der Waals surface area contributed by atoms with Crippen molar-refractivity contribution in [1.29, 1.82) is 0 Å². The van der Waals surface area contributed by atoms with E-state index in [1.54, 1.807) is 0 Å². The molecule has 0 spiro atoms. The number of hydrogen-bond donors (Lipinski definition) is 0. The van der Waals surface area contributed by atoms with Crippen molar-refractivity contribution >= 4 is 16.2 Å². The number of carbonyl (C=O) groups excluding carboxylic acids is 1. The molecule has 0 aliphatic carbocycles. The molecule has 1 aliphatic rings. The standard InChI is InChI=1S/C11H16F3NO5S/c1-11(2,3)19-10(16)15-7(12)5-6(8(13)9(15)14)20-21(4,17)18/h5,7-9H,1-4H3. The van der Waals surface area contributed by atoms with E-state index < -0.39 is 46.3 Å². The van der Waals surface area contributed by atoms with E-state index in [0.29, 0.717) is 12.3 Å². The van der Waals surface area contributed by atoms with Crippen molar-refractivity contribution < 1.29 is 35.3 Å². The van der Waals surface area contributed by atoms with E-state index in [-0.39, 0.29) is 4.90 Å². The molecule has 0 saturated carbocycles. The summed E-state index contributed by atoms with van der Waals surface area (Å²) in [4.78, 5) is 11.5. The highest BCUT2D eigenvalue weighted by molar-refractivity contribution is 7.86. The summed E-state index contributed by atoms with van der Waals surface area (Å²) >= 11 is 0. The monoisotopic (exact) mass is 331 g/mol. The van der Waals surface area contributed by atoms with Crippen LogP contribution in [0.5, 0.6) is 0 Å². The van der Waals surface area contributed by atoms with E-state index in [1.165, 1.54) is 20.8 Å². The lowest BCUT2D eigenvalue weighted by molar-refractivity contribution is -0.0643. The first kappa shape index (κ1) is 17.6. The van der Waals surface area contributed by atoms with Gasteiger partial charge in [-0.2, -0.15) is 8.42 Å². The summed E-state index contributed by atoms with van der Waals surface area (Å²) in [6, 6.07) is 0. The van der Waals surface area contributed by atoms with Crippen LogP contribution in [0.3, 0.4) is 0 Å². The van der Waals surface area contributed by atoms with Gasteiger partial charge in [0.1, 0.15) is 5.60 Å². The van der Waals surface area contributed by atoms with Crippen LogP contribution in [0.1, 0.15) is 20.8 Å². The van der Waals surface area contributed by atoms with Crippen molar-refractivity contribution in [3.05, 3.63) is 11.8 Å². The molecule has 0 aromatic carbocycles. The van der Waals surface area contributed by atoms with E-state index in [4.69, 9.17) is 4.74 Å². The summed E-state index contributed by atoms with van der Waals surface area (Å²) in [6.45, 7) is 4.41. The molecule has 0 radical (unpaired) electrons. The third-order valence-corrected chi connectivity index (χ3v) is 2.69. The molecule has 122 valence electrons. The minimum atomic E-state index is -4.15. The molecular formula is C11H16F3NO5S. The van der Waals surface area contributed by atoms with Gasteiger partial charge >= 0.3 is 16.2 Å². The summed E-state index contributed by atoms with van der Waals surface area (Å²) in [5, 5.41) is 0. The van der Waals surface area contributed by atoms with Gasteiger partial charge in [-0.25, -0.2) is 22.9 Å². The summed E-state index contributed by atoms with van der Waals surface area (Å²) in [6.07, 6.45) is -8.26. The van der Waals surface area contributed by atoms with Crippen molar-refractivity contribution in [2.75, 3.05) is 6.26 Å². The highest BCUT2D eigenvalue weighted by Gasteiger charge is 2.45. The van der Waals surface area contributed by atoms with Crippen LogP contribution in [0.2, 0.25) is 0 Å². The smallest absolute Gasteiger partial charge is 0.415 e. The van der Waals surface area contributed by atoms with E-state index in [2.05, 4.69) is 4.18 Å². The zero-order valence-electron chi connectivity index (χ0n) is 11.8. The van der Waals surface area contributed by atoms with Gasteiger partial charge in [-0.05, 0) is 20.8 Å². The Labute approximate surface area is 120 Å². The first-order chi connectivity index (χ1) is 9.32. The molecular weight excluding hydrogens is 315 g/mol. The Kier molecular flexibility index (Phi) is 4.81. The first-order valence-corrected chi connectivity index (χ1v) is 7.68. The van der Waals surface area contributed by atoms with Crippen LogP contribution >= 0.6 is 0 Å². The molecule has 1 heterocycles. The summed E-state index contributed by atoms with van der Waals surface area (Å²) in [5.74, 6) is -1.04. The van der Waals surface area contributed by atoms with Gasteiger partial charge in [-0.3, -0.25) is 0 Å². The second-order valence-electron chi connectivity index (χ2n) is 5.39. The summed E-state index contributed by atoms with van der Waals surface area (Å²) in [5.41, 5.74) is -1.03. The lowest BCUT2D eigenvalue weighted by Crippen LogP contribution is -2.52. The van der Waals surface area contributed by atoms with Crippen LogP contribution in [-0.4, -0.2) is 50.0 Å². The SMILES string of the molecule is CC(C)(C)OC(=O)N1C(F)C=C(OS(C)(=O)=O)C(F)C1F. The number of hydrogen-bond acceptors (Lipinski definition) is 5. The molecule has 0 N–H and O–H groups in total. The van der Waals surface area contributed by atoms with Crippen molar-refractivity contribution in [2.24, 2.45) is 0 Å². The molecule has 0 aromatic heterocycles. The Morgan fingerprint density at radius 3 is 2.24 bits per heavy atom. The second-order valence-corrected chi connectivity index (χ2v) is 6.97. The normalized spacial score (nSPS) is 27.1. The Morgan fingerprint density at radius 1 is 1.29 bits per heavy atom. The second kappa shape index (κ2) is 5.74. The molecule has 21 heavy (non-hydrogen) atoms. The van der Waals surface area contributed by atoms with Crippen LogP contribution in [-0.2, 0) is 19.0 Å². The fourth-order valence-electron chi connectivity index (χ4n) is 1.48. The average molecular weight is 331 g/mol. The van der Waals surface area contributed by atoms with Gasteiger partial charge in [0.15, 0.2) is 5.76 Å². The molecule has 3 atom stereocenters. The molecule has 10 heteroatoms. The predicted molar refractivity (Wildman–Crippen MR) is 66.8 cm³/mol. The molecule has 3 unspecified atom stereocenters. The number of ether oxygens (including phenoxy) is 1. The molecule has 1 aliphatic heterocycles. The summed E-state index contributed by atoms with van der Waals surface area (Å²) < 4.78 is 72.0. The number of amides is 1. The number of nitrogens with zero attached hydrogens (tertiary/aromatic N) is 1. The zero-order valence-corrected chi connectivity index (χ0v) is 12.7. The van der Waals surface area contributed by atoms with Crippen molar-refractivity contribution in [3.63, 3.8) is 0 Å². The Balaban J connectivity index is 3.00.